The number of nitrogens with one attached hydrogen (secondary N) is 3. The van der Waals surface area contributed by atoms with Crippen LogP contribution in [-0.2, 0) is 4.74 Å². The Bertz CT molecular complexity index is 569. The van der Waals surface area contributed by atoms with Crippen molar-refractivity contribution in [1.82, 2.24) is 16.0 Å². The molecule has 3 N–H and O–H groups in total. The molecule has 1 rings (SSSR count). The Morgan fingerprint density at radius 2 is 2.00 bits per heavy atom. The van der Waals surface area contributed by atoms with Crippen LogP contribution >= 0.6 is 0 Å². The molecule has 0 radical (unpaired) electrons. The van der Waals surface area contributed by atoms with Crippen LogP contribution in [0.15, 0.2) is 21.7 Å². The summed E-state index contributed by atoms with van der Waals surface area (Å²) in [5.74, 6) is 1.49. The summed E-state index contributed by atoms with van der Waals surface area (Å²) in [6, 6.07) is 1.78. The smallest absolute Gasteiger partial charge is 0.287 e. The minimum Gasteiger partial charge on any atom is -0.459 e. The number of amides is 1. The standard InChI is InChI=1S/C20H36N4O3/c1-6-21-20(24-13-9-17(15(3)4)26-7-2)23-12-8-11-22-19(25)18-16(5)10-14-27-18/h10,14-15,17H,6-9,11-13H2,1-5H3,(H,22,25)(H2,21,23,24). The van der Waals surface area contributed by atoms with Crippen LogP contribution in [0.2, 0.25) is 0 Å². The summed E-state index contributed by atoms with van der Waals surface area (Å²) in [5, 5.41) is 9.45. The third kappa shape index (κ3) is 8.95. The number of carbonyl (C=O) groups is 1. The van der Waals surface area contributed by atoms with E-state index in [4.69, 9.17) is 9.15 Å². The van der Waals surface area contributed by atoms with Gasteiger partial charge in [0.15, 0.2) is 11.7 Å². The molecule has 0 aliphatic rings. The molecular weight excluding hydrogens is 344 g/mol. The highest BCUT2D eigenvalue weighted by Gasteiger charge is 2.13. The lowest BCUT2D eigenvalue weighted by Gasteiger charge is -2.21. The van der Waals surface area contributed by atoms with Crippen molar-refractivity contribution in [2.75, 3.05) is 32.8 Å². The number of hydrogen-bond acceptors (Lipinski definition) is 4. The number of rotatable bonds is 12. The monoisotopic (exact) mass is 380 g/mol. The first-order chi connectivity index (χ1) is 13.0. The summed E-state index contributed by atoms with van der Waals surface area (Å²) in [4.78, 5) is 16.5. The molecule has 1 aromatic rings. The normalized spacial score (nSPS) is 12.9. The predicted octanol–water partition coefficient (Wildman–Crippen LogP) is 2.71. The average Bonchev–Trinajstić information content (AvgIpc) is 3.06. The topological polar surface area (TPSA) is 87.9 Å². The SMILES string of the molecule is CCNC(=NCCCNC(=O)c1occc1C)NCCC(OCC)C(C)C. The van der Waals surface area contributed by atoms with Crippen LogP contribution in [0.5, 0.6) is 0 Å². The summed E-state index contributed by atoms with van der Waals surface area (Å²) in [7, 11) is 0. The van der Waals surface area contributed by atoms with Gasteiger partial charge in [0.05, 0.1) is 12.4 Å². The highest BCUT2D eigenvalue weighted by molar-refractivity contribution is 5.92. The quantitative estimate of drug-likeness (QED) is 0.295. The van der Waals surface area contributed by atoms with Gasteiger partial charge in [-0.15, -0.1) is 0 Å². The van der Waals surface area contributed by atoms with Gasteiger partial charge in [-0.1, -0.05) is 13.8 Å². The highest BCUT2D eigenvalue weighted by atomic mass is 16.5. The molecule has 7 nitrogen and oxygen atoms in total. The second-order valence-corrected chi connectivity index (χ2v) is 6.76. The van der Waals surface area contributed by atoms with Crippen LogP contribution in [0.25, 0.3) is 0 Å². The van der Waals surface area contributed by atoms with Crippen LogP contribution in [-0.4, -0.2) is 50.8 Å². The zero-order chi connectivity index (χ0) is 20.1. The molecule has 0 aliphatic carbocycles. The molecule has 1 atom stereocenters. The lowest BCUT2D eigenvalue weighted by molar-refractivity contribution is 0.0258. The molecule has 0 bridgehead atoms. The van der Waals surface area contributed by atoms with Gasteiger partial charge in [0.1, 0.15) is 0 Å². The highest BCUT2D eigenvalue weighted by Crippen LogP contribution is 2.10. The number of ether oxygens (including phenoxy) is 1. The van der Waals surface area contributed by atoms with Crippen molar-refractivity contribution < 1.29 is 13.9 Å². The minimum absolute atomic E-state index is 0.179. The Balaban J connectivity index is 2.32. The second-order valence-electron chi connectivity index (χ2n) is 6.76. The molecule has 0 saturated carbocycles. The molecule has 1 amide bonds. The van der Waals surface area contributed by atoms with Crippen molar-refractivity contribution in [3.8, 4) is 0 Å². The number of nitrogens with zero attached hydrogens (tertiary/aromatic N) is 1. The Labute approximate surface area is 163 Å². The van der Waals surface area contributed by atoms with E-state index >= 15 is 0 Å². The predicted molar refractivity (Wildman–Crippen MR) is 109 cm³/mol. The van der Waals surface area contributed by atoms with Crippen molar-refractivity contribution >= 4 is 11.9 Å². The summed E-state index contributed by atoms with van der Waals surface area (Å²) in [6.45, 7) is 13.8. The van der Waals surface area contributed by atoms with E-state index in [-0.39, 0.29) is 12.0 Å². The molecule has 1 unspecified atom stereocenters. The molecule has 1 heterocycles. The number of carbonyl (C=O) groups excluding carboxylic acids is 1. The van der Waals surface area contributed by atoms with E-state index in [9.17, 15) is 4.79 Å². The summed E-state index contributed by atoms with van der Waals surface area (Å²) >= 11 is 0. The van der Waals surface area contributed by atoms with Gasteiger partial charge in [0.2, 0.25) is 0 Å². The number of hydrogen-bond donors (Lipinski definition) is 3. The first kappa shape index (κ1) is 23.0. The van der Waals surface area contributed by atoms with E-state index < -0.39 is 0 Å². The van der Waals surface area contributed by atoms with Crippen molar-refractivity contribution in [3.63, 3.8) is 0 Å². The minimum atomic E-state index is -0.179. The van der Waals surface area contributed by atoms with Gasteiger partial charge in [0, 0.05) is 38.3 Å². The lowest BCUT2D eigenvalue weighted by atomic mass is 10.0. The molecule has 7 heteroatoms. The van der Waals surface area contributed by atoms with Crippen molar-refractivity contribution in [2.24, 2.45) is 10.9 Å². The number of guanidine groups is 1. The largest absolute Gasteiger partial charge is 0.459 e. The maximum absolute atomic E-state index is 12.0. The van der Waals surface area contributed by atoms with E-state index in [1.807, 2.05) is 20.8 Å². The zero-order valence-electron chi connectivity index (χ0n) is 17.4. The van der Waals surface area contributed by atoms with Gasteiger partial charge in [0.25, 0.3) is 5.91 Å². The van der Waals surface area contributed by atoms with E-state index in [1.165, 1.54) is 6.26 Å². The van der Waals surface area contributed by atoms with E-state index in [0.717, 1.165) is 44.1 Å². The average molecular weight is 381 g/mol. The van der Waals surface area contributed by atoms with E-state index in [0.29, 0.717) is 24.8 Å². The first-order valence-electron chi connectivity index (χ1n) is 9.95. The summed E-state index contributed by atoms with van der Waals surface area (Å²) < 4.78 is 11.0. The molecule has 27 heavy (non-hydrogen) atoms. The molecular formula is C20H36N4O3. The van der Waals surface area contributed by atoms with E-state index in [2.05, 4.69) is 34.8 Å². The number of furan rings is 1. The Morgan fingerprint density at radius 1 is 1.22 bits per heavy atom. The van der Waals surface area contributed by atoms with Crippen LogP contribution in [0.3, 0.4) is 0 Å². The number of aliphatic imine (C=N–C) groups is 1. The zero-order valence-corrected chi connectivity index (χ0v) is 17.4. The molecule has 0 saturated heterocycles. The molecule has 0 aromatic carbocycles. The van der Waals surface area contributed by atoms with Crippen molar-refractivity contribution in [2.45, 2.75) is 53.6 Å². The molecule has 0 spiro atoms. The number of aryl methyl sites for hydroxylation is 1. The Morgan fingerprint density at radius 3 is 2.59 bits per heavy atom. The van der Waals surface area contributed by atoms with Gasteiger partial charge < -0.3 is 25.1 Å². The molecule has 0 fully saturated rings. The maximum atomic E-state index is 12.0. The second kappa shape index (κ2) is 13.2. The lowest BCUT2D eigenvalue weighted by Crippen LogP contribution is -2.39. The van der Waals surface area contributed by atoms with Gasteiger partial charge >= 0.3 is 0 Å². The van der Waals surface area contributed by atoms with Crippen LogP contribution < -0.4 is 16.0 Å². The van der Waals surface area contributed by atoms with Crippen molar-refractivity contribution in [1.29, 1.82) is 0 Å². The van der Waals surface area contributed by atoms with Crippen LogP contribution in [0.1, 0.15) is 56.7 Å². The van der Waals surface area contributed by atoms with Gasteiger partial charge in [-0.3, -0.25) is 9.79 Å². The van der Waals surface area contributed by atoms with Crippen molar-refractivity contribution in [3.05, 3.63) is 23.7 Å². The van der Waals surface area contributed by atoms with E-state index in [1.54, 1.807) is 6.07 Å². The third-order valence-corrected chi connectivity index (χ3v) is 4.15. The van der Waals surface area contributed by atoms with Gasteiger partial charge in [-0.05, 0) is 45.6 Å². The van der Waals surface area contributed by atoms with Gasteiger partial charge in [-0.2, -0.15) is 0 Å². The van der Waals surface area contributed by atoms with Crippen LogP contribution in [0.4, 0.5) is 0 Å². The maximum Gasteiger partial charge on any atom is 0.287 e. The molecule has 0 aliphatic heterocycles. The summed E-state index contributed by atoms with van der Waals surface area (Å²) in [5.41, 5.74) is 0.843. The van der Waals surface area contributed by atoms with Gasteiger partial charge in [-0.25, -0.2) is 0 Å². The third-order valence-electron chi connectivity index (χ3n) is 4.15. The van der Waals surface area contributed by atoms with Crippen LogP contribution in [0, 0.1) is 12.8 Å². The fraction of sp³-hybridized carbons (Fsp3) is 0.700. The molecule has 154 valence electrons. The first-order valence-corrected chi connectivity index (χ1v) is 9.95. The Hall–Kier alpha value is -2.02. The summed E-state index contributed by atoms with van der Waals surface area (Å²) in [6.07, 6.45) is 3.48. The fourth-order valence-corrected chi connectivity index (χ4v) is 2.66. The fourth-order valence-electron chi connectivity index (χ4n) is 2.66. The molecule has 1 aromatic heterocycles. The Kier molecular flexibility index (Phi) is 11.2.